The molecule has 7 heteroatoms. The van der Waals surface area contributed by atoms with E-state index in [2.05, 4.69) is 4.98 Å². The van der Waals surface area contributed by atoms with Crippen LogP contribution in [0, 0.1) is 6.92 Å². The van der Waals surface area contributed by atoms with Crippen LogP contribution in [0.15, 0.2) is 9.59 Å². The van der Waals surface area contributed by atoms with Crippen molar-refractivity contribution in [2.75, 3.05) is 19.8 Å². The Morgan fingerprint density at radius 1 is 1.47 bits per heavy atom. The molecule has 1 aromatic heterocycles. The quantitative estimate of drug-likeness (QED) is 0.691. The normalized spacial score (nSPS) is 20.4. The predicted octanol–water partition coefficient (Wildman–Crippen LogP) is -1.03. The average Bonchev–Trinajstić information content (AvgIpc) is 2.33. The van der Waals surface area contributed by atoms with Crippen molar-refractivity contribution in [3.8, 4) is 5.88 Å². The molecule has 0 amide bonds. The first kappa shape index (κ1) is 11.9. The zero-order chi connectivity index (χ0) is 12.4. The van der Waals surface area contributed by atoms with Crippen LogP contribution in [0.4, 0.5) is 0 Å². The largest absolute Gasteiger partial charge is 0.494 e. The number of nitrogens with zero attached hydrogens (tertiary/aromatic N) is 1. The number of rotatable bonds is 2. The van der Waals surface area contributed by atoms with Gasteiger partial charge in [0.15, 0.2) is 0 Å². The van der Waals surface area contributed by atoms with Crippen LogP contribution in [0.5, 0.6) is 5.88 Å². The Balaban J connectivity index is 2.29. The fraction of sp³-hybridized carbons (Fsp3) is 0.600. The number of nitrogens with one attached hydrogen (secondary N) is 1. The van der Waals surface area contributed by atoms with E-state index in [0.29, 0.717) is 19.8 Å². The Morgan fingerprint density at radius 2 is 2.24 bits per heavy atom. The minimum atomic E-state index is -0.646. The monoisotopic (exact) mass is 242 g/mol. The summed E-state index contributed by atoms with van der Waals surface area (Å²) in [5.41, 5.74) is -1.11. The van der Waals surface area contributed by atoms with E-state index < -0.39 is 11.2 Å². The van der Waals surface area contributed by atoms with Crippen molar-refractivity contribution in [1.29, 1.82) is 0 Å². The third-order valence-corrected chi connectivity index (χ3v) is 2.67. The Labute approximate surface area is 96.6 Å². The molecule has 1 fully saturated rings. The number of hydrogen-bond acceptors (Lipinski definition) is 5. The average molecular weight is 242 g/mol. The summed E-state index contributed by atoms with van der Waals surface area (Å²) in [5.74, 6) is -0.326. The van der Waals surface area contributed by atoms with E-state index in [1.807, 2.05) is 0 Å². The fourth-order valence-electron chi connectivity index (χ4n) is 1.67. The van der Waals surface area contributed by atoms with Crippen molar-refractivity contribution in [3.63, 3.8) is 0 Å². The van der Waals surface area contributed by atoms with E-state index >= 15 is 0 Å². The number of hydrogen-bond donors (Lipinski definition) is 2. The van der Waals surface area contributed by atoms with Gasteiger partial charge >= 0.3 is 5.69 Å². The molecule has 1 atom stereocenters. The minimum Gasteiger partial charge on any atom is -0.494 e. The lowest BCUT2D eigenvalue weighted by atomic mass is 10.3. The van der Waals surface area contributed by atoms with Gasteiger partial charge in [-0.1, -0.05) is 0 Å². The lowest BCUT2D eigenvalue weighted by molar-refractivity contribution is -0.0944. The zero-order valence-electron chi connectivity index (χ0n) is 9.43. The molecule has 1 aliphatic rings. The molecule has 2 N–H and O–H groups in total. The summed E-state index contributed by atoms with van der Waals surface area (Å²) >= 11 is 0. The second kappa shape index (κ2) is 4.72. The molecular weight excluding hydrogens is 228 g/mol. The van der Waals surface area contributed by atoms with Gasteiger partial charge in [-0.25, -0.2) is 4.79 Å². The van der Waals surface area contributed by atoms with E-state index in [4.69, 9.17) is 9.47 Å². The summed E-state index contributed by atoms with van der Waals surface area (Å²) in [6, 6.07) is 0. The maximum atomic E-state index is 11.5. The van der Waals surface area contributed by atoms with Gasteiger partial charge in [-0.2, -0.15) is 0 Å². The molecule has 2 rings (SSSR count). The molecule has 1 aromatic rings. The standard InChI is InChI=1S/C10H14N2O5/c1-6-8(13)11-10(15)12(9(6)14)4-7-5-16-2-3-17-7/h7,14H,2-5H2,1H3,(H,11,13,15). The van der Waals surface area contributed by atoms with Gasteiger partial charge < -0.3 is 14.6 Å². The highest BCUT2D eigenvalue weighted by atomic mass is 16.6. The lowest BCUT2D eigenvalue weighted by Crippen LogP contribution is -2.38. The number of aromatic nitrogens is 2. The molecule has 0 spiro atoms. The van der Waals surface area contributed by atoms with Crippen molar-refractivity contribution < 1.29 is 14.6 Å². The summed E-state index contributed by atoms with van der Waals surface area (Å²) in [6.07, 6.45) is -0.294. The van der Waals surface area contributed by atoms with E-state index in [0.717, 1.165) is 4.57 Å². The topological polar surface area (TPSA) is 93.6 Å². The van der Waals surface area contributed by atoms with Crippen LogP contribution in [-0.2, 0) is 16.0 Å². The number of H-pyrrole nitrogens is 1. The summed E-state index contributed by atoms with van der Waals surface area (Å²) in [6.45, 7) is 2.96. The van der Waals surface area contributed by atoms with Gasteiger partial charge in [-0.15, -0.1) is 0 Å². The van der Waals surface area contributed by atoms with Gasteiger partial charge in [0.2, 0.25) is 5.88 Å². The molecule has 2 heterocycles. The summed E-state index contributed by atoms with van der Waals surface area (Å²) < 4.78 is 11.6. The first-order valence-electron chi connectivity index (χ1n) is 5.31. The van der Waals surface area contributed by atoms with Crippen molar-refractivity contribution in [3.05, 3.63) is 26.4 Å². The van der Waals surface area contributed by atoms with Crippen LogP contribution in [0.1, 0.15) is 5.56 Å². The van der Waals surface area contributed by atoms with Gasteiger partial charge in [0.25, 0.3) is 5.56 Å². The SMILES string of the molecule is Cc1c(O)n(CC2COCCO2)c(=O)[nH]c1=O. The van der Waals surface area contributed by atoms with Gasteiger partial charge in [0.1, 0.15) is 0 Å². The zero-order valence-corrected chi connectivity index (χ0v) is 9.43. The van der Waals surface area contributed by atoms with Crippen LogP contribution >= 0.6 is 0 Å². The van der Waals surface area contributed by atoms with Crippen LogP contribution in [0.2, 0.25) is 0 Å². The second-order valence-corrected chi connectivity index (χ2v) is 3.89. The second-order valence-electron chi connectivity index (χ2n) is 3.89. The highest BCUT2D eigenvalue weighted by molar-refractivity contribution is 5.20. The molecule has 1 saturated heterocycles. The first-order chi connectivity index (χ1) is 8.09. The molecule has 0 aromatic carbocycles. The molecule has 7 nitrogen and oxygen atoms in total. The smallest absolute Gasteiger partial charge is 0.331 e. The van der Waals surface area contributed by atoms with Gasteiger partial charge in [-0.3, -0.25) is 14.3 Å². The van der Waals surface area contributed by atoms with Gasteiger partial charge in [0.05, 0.1) is 38.0 Å². The third kappa shape index (κ3) is 2.40. The number of aromatic amines is 1. The molecule has 0 bridgehead atoms. The van der Waals surface area contributed by atoms with Crippen LogP contribution in [-0.4, -0.2) is 40.6 Å². The Kier molecular flexibility index (Phi) is 3.30. The maximum absolute atomic E-state index is 11.5. The summed E-state index contributed by atoms with van der Waals surface area (Å²) in [7, 11) is 0. The van der Waals surface area contributed by atoms with Crippen LogP contribution < -0.4 is 11.2 Å². The van der Waals surface area contributed by atoms with Crippen molar-refractivity contribution >= 4 is 0 Å². The molecule has 17 heavy (non-hydrogen) atoms. The summed E-state index contributed by atoms with van der Waals surface area (Å²) in [5, 5.41) is 9.74. The highest BCUT2D eigenvalue weighted by Crippen LogP contribution is 2.11. The number of aromatic hydroxyl groups is 1. The lowest BCUT2D eigenvalue weighted by Gasteiger charge is -2.23. The molecule has 0 saturated carbocycles. The molecular formula is C10H14N2O5. The van der Waals surface area contributed by atoms with Crippen LogP contribution in [0.25, 0.3) is 0 Å². The van der Waals surface area contributed by atoms with Crippen molar-refractivity contribution in [2.24, 2.45) is 0 Å². The van der Waals surface area contributed by atoms with E-state index in [9.17, 15) is 14.7 Å². The third-order valence-electron chi connectivity index (χ3n) is 2.67. The van der Waals surface area contributed by atoms with E-state index in [-0.39, 0.29) is 24.1 Å². The Bertz CT molecular complexity index is 512. The van der Waals surface area contributed by atoms with Crippen LogP contribution in [0.3, 0.4) is 0 Å². The number of ether oxygens (including phenoxy) is 2. The predicted molar refractivity (Wildman–Crippen MR) is 58.3 cm³/mol. The first-order valence-corrected chi connectivity index (χ1v) is 5.31. The van der Waals surface area contributed by atoms with Gasteiger partial charge in [0, 0.05) is 0 Å². The van der Waals surface area contributed by atoms with Gasteiger partial charge in [-0.05, 0) is 6.92 Å². The highest BCUT2D eigenvalue weighted by Gasteiger charge is 2.18. The molecule has 94 valence electrons. The van der Waals surface area contributed by atoms with E-state index in [1.165, 1.54) is 6.92 Å². The minimum absolute atomic E-state index is 0.112. The van der Waals surface area contributed by atoms with E-state index in [1.54, 1.807) is 0 Å². The maximum Gasteiger partial charge on any atom is 0.331 e. The molecule has 1 aliphatic heterocycles. The molecule has 1 unspecified atom stereocenters. The summed E-state index contributed by atoms with van der Waals surface area (Å²) in [4.78, 5) is 24.9. The Hall–Kier alpha value is -1.60. The molecule has 0 radical (unpaired) electrons. The molecule has 0 aliphatic carbocycles. The fourth-order valence-corrected chi connectivity index (χ4v) is 1.67. The van der Waals surface area contributed by atoms with Crippen molar-refractivity contribution in [2.45, 2.75) is 19.6 Å². The Morgan fingerprint density at radius 3 is 2.88 bits per heavy atom. The van der Waals surface area contributed by atoms with Crippen molar-refractivity contribution in [1.82, 2.24) is 9.55 Å².